The Morgan fingerprint density at radius 1 is 1.17 bits per heavy atom. The molecule has 122 valence electrons. The molecule has 0 aromatic heterocycles. The van der Waals surface area contributed by atoms with E-state index in [9.17, 15) is 10.1 Å². The van der Waals surface area contributed by atoms with Crippen molar-refractivity contribution < 1.29 is 14.3 Å². The van der Waals surface area contributed by atoms with Gasteiger partial charge in [-0.1, -0.05) is 18.2 Å². The highest BCUT2D eigenvalue weighted by atomic mass is 16.5. The Bertz CT molecular complexity index is 820. The van der Waals surface area contributed by atoms with Crippen molar-refractivity contribution in [2.45, 2.75) is 6.92 Å². The van der Waals surface area contributed by atoms with Gasteiger partial charge in [0.05, 0.1) is 19.9 Å². The fraction of sp³-hybridized carbons (Fsp3) is 0.158. The highest BCUT2D eigenvalue weighted by Gasteiger charge is 2.12. The van der Waals surface area contributed by atoms with Crippen LogP contribution in [0.25, 0.3) is 6.08 Å². The molecule has 0 aliphatic heterocycles. The Hall–Kier alpha value is -3.26. The molecule has 2 aromatic rings. The molecule has 2 rings (SSSR count). The van der Waals surface area contributed by atoms with E-state index in [4.69, 9.17) is 9.47 Å². The molecule has 24 heavy (non-hydrogen) atoms. The third-order valence-corrected chi connectivity index (χ3v) is 3.37. The molecule has 0 bridgehead atoms. The summed E-state index contributed by atoms with van der Waals surface area (Å²) in [6, 6.07) is 14.5. The molecule has 0 fully saturated rings. The van der Waals surface area contributed by atoms with Crippen molar-refractivity contribution in [3.8, 4) is 17.6 Å². The number of methoxy groups -OCH3 is 2. The molecule has 0 saturated heterocycles. The van der Waals surface area contributed by atoms with Crippen LogP contribution in [0.3, 0.4) is 0 Å². The van der Waals surface area contributed by atoms with Crippen LogP contribution in [0.2, 0.25) is 0 Å². The number of ether oxygens (including phenoxy) is 2. The zero-order chi connectivity index (χ0) is 17.5. The number of hydrogen-bond acceptors (Lipinski definition) is 4. The maximum atomic E-state index is 12.4. The zero-order valence-electron chi connectivity index (χ0n) is 13.8. The Morgan fingerprint density at radius 3 is 2.62 bits per heavy atom. The minimum atomic E-state index is -0.496. The quantitative estimate of drug-likeness (QED) is 0.675. The zero-order valence-corrected chi connectivity index (χ0v) is 13.8. The molecule has 0 radical (unpaired) electrons. The first-order chi connectivity index (χ1) is 11.6. The van der Waals surface area contributed by atoms with E-state index in [0.717, 1.165) is 5.56 Å². The van der Waals surface area contributed by atoms with Gasteiger partial charge in [0.15, 0.2) is 0 Å². The van der Waals surface area contributed by atoms with Gasteiger partial charge in [0.2, 0.25) is 0 Å². The monoisotopic (exact) mass is 322 g/mol. The number of hydrogen-bond donors (Lipinski definition) is 1. The summed E-state index contributed by atoms with van der Waals surface area (Å²) in [6.07, 6.45) is 1.51. The molecular weight excluding hydrogens is 304 g/mol. The van der Waals surface area contributed by atoms with E-state index in [0.29, 0.717) is 22.7 Å². The van der Waals surface area contributed by atoms with Gasteiger partial charge in [0, 0.05) is 0 Å². The Kier molecular flexibility index (Phi) is 5.58. The summed E-state index contributed by atoms with van der Waals surface area (Å²) in [5, 5.41) is 12.0. The van der Waals surface area contributed by atoms with Gasteiger partial charge in [-0.25, -0.2) is 0 Å². The first kappa shape index (κ1) is 17.1. The number of rotatable bonds is 5. The highest BCUT2D eigenvalue weighted by Crippen LogP contribution is 2.26. The second-order valence-corrected chi connectivity index (χ2v) is 5.10. The minimum Gasteiger partial charge on any atom is -0.497 e. The van der Waals surface area contributed by atoms with Gasteiger partial charge in [-0.15, -0.1) is 0 Å². The topological polar surface area (TPSA) is 71.3 Å². The lowest BCUT2D eigenvalue weighted by Crippen LogP contribution is -2.14. The van der Waals surface area contributed by atoms with Crippen molar-refractivity contribution >= 4 is 17.7 Å². The van der Waals surface area contributed by atoms with Crippen molar-refractivity contribution in [2.24, 2.45) is 0 Å². The predicted molar refractivity (Wildman–Crippen MR) is 92.9 cm³/mol. The summed E-state index contributed by atoms with van der Waals surface area (Å²) in [6.45, 7) is 1.91. The van der Waals surface area contributed by atoms with Crippen LogP contribution in [0.4, 0.5) is 5.69 Å². The maximum absolute atomic E-state index is 12.4. The van der Waals surface area contributed by atoms with Gasteiger partial charge >= 0.3 is 0 Å². The average molecular weight is 322 g/mol. The maximum Gasteiger partial charge on any atom is 0.266 e. The molecule has 5 nitrogen and oxygen atoms in total. The molecule has 5 heteroatoms. The number of amides is 1. The molecule has 1 N–H and O–H groups in total. The number of nitriles is 1. The SMILES string of the molecule is COc1cccc(/C=C(\C#N)C(=O)Nc2cc(C)ccc2OC)c1. The lowest BCUT2D eigenvalue weighted by molar-refractivity contribution is -0.112. The average Bonchev–Trinajstić information content (AvgIpc) is 2.60. The summed E-state index contributed by atoms with van der Waals surface area (Å²) in [5.41, 5.74) is 2.19. The van der Waals surface area contributed by atoms with Gasteiger partial charge in [-0.3, -0.25) is 4.79 Å². The van der Waals surface area contributed by atoms with Crippen LogP contribution >= 0.6 is 0 Å². The van der Waals surface area contributed by atoms with Gasteiger partial charge < -0.3 is 14.8 Å². The van der Waals surface area contributed by atoms with Crippen LogP contribution in [0, 0.1) is 18.3 Å². The number of carbonyl (C=O) groups is 1. The first-order valence-electron chi connectivity index (χ1n) is 7.29. The lowest BCUT2D eigenvalue weighted by atomic mass is 10.1. The van der Waals surface area contributed by atoms with Crippen LogP contribution in [-0.2, 0) is 4.79 Å². The highest BCUT2D eigenvalue weighted by molar-refractivity contribution is 6.10. The molecule has 0 heterocycles. The van der Waals surface area contributed by atoms with E-state index in [1.54, 1.807) is 43.5 Å². The molecule has 2 aromatic carbocycles. The standard InChI is InChI=1S/C19H18N2O3/c1-13-7-8-18(24-3)17(9-13)21-19(22)15(12-20)10-14-5-4-6-16(11-14)23-2/h4-11H,1-3H3,(H,21,22)/b15-10+. The number of benzene rings is 2. The van der Waals surface area contributed by atoms with E-state index >= 15 is 0 Å². The van der Waals surface area contributed by atoms with Crippen molar-refractivity contribution in [1.82, 2.24) is 0 Å². The van der Waals surface area contributed by atoms with Crippen molar-refractivity contribution in [3.63, 3.8) is 0 Å². The van der Waals surface area contributed by atoms with E-state index in [-0.39, 0.29) is 5.57 Å². The molecule has 0 aliphatic rings. The van der Waals surface area contributed by atoms with Crippen molar-refractivity contribution in [2.75, 3.05) is 19.5 Å². The van der Waals surface area contributed by atoms with Crippen LogP contribution in [-0.4, -0.2) is 20.1 Å². The number of nitrogens with zero attached hydrogens (tertiary/aromatic N) is 1. The predicted octanol–water partition coefficient (Wildman–Crippen LogP) is 3.56. The Morgan fingerprint density at radius 2 is 1.96 bits per heavy atom. The van der Waals surface area contributed by atoms with Crippen LogP contribution in [0.1, 0.15) is 11.1 Å². The molecule has 0 atom stereocenters. The fourth-order valence-corrected chi connectivity index (χ4v) is 2.16. The Labute approximate surface area is 141 Å². The summed E-state index contributed by atoms with van der Waals surface area (Å²) in [4.78, 5) is 12.4. The second-order valence-electron chi connectivity index (χ2n) is 5.10. The Balaban J connectivity index is 2.28. The van der Waals surface area contributed by atoms with Crippen LogP contribution < -0.4 is 14.8 Å². The van der Waals surface area contributed by atoms with Crippen LogP contribution in [0.5, 0.6) is 11.5 Å². The molecule has 0 aliphatic carbocycles. The molecule has 0 saturated carbocycles. The third kappa shape index (κ3) is 4.14. The van der Waals surface area contributed by atoms with Crippen molar-refractivity contribution in [1.29, 1.82) is 5.26 Å². The largest absolute Gasteiger partial charge is 0.497 e. The van der Waals surface area contributed by atoms with Gasteiger partial charge in [-0.05, 0) is 48.4 Å². The molecule has 1 amide bonds. The van der Waals surface area contributed by atoms with Crippen LogP contribution in [0.15, 0.2) is 48.0 Å². The summed E-state index contributed by atoms with van der Waals surface area (Å²) in [5.74, 6) is 0.693. The van der Waals surface area contributed by atoms with Gasteiger partial charge in [0.1, 0.15) is 23.1 Å². The normalized spacial score (nSPS) is 10.7. The summed E-state index contributed by atoms with van der Waals surface area (Å²) < 4.78 is 10.4. The number of anilines is 1. The fourth-order valence-electron chi connectivity index (χ4n) is 2.16. The second kappa shape index (κ2) is 7.84. The van der Waals surface area contributed by atoms with E-state index in [1.165, 1.54) is 13.2 Å². The molecule has 0 spiro atoms. The number of nitrogens with one attached hydrogen (secondary N) is 1. The van der Waals surface area contributed by atoms with E-state index in [1.807, 2.05) is 19.1 Å². The molecule has 0 unspecified atom stereocenters. The van der Waals surface area contributed by atoms with Crippen molar-refractivity contribution in [3.05, 3.63) is 59.2 Å². The summed E-state index contributed by atoms with van der Waals surface area (Å²) >= 11 is 0. The number of carbonyl (C=O) groups excluding carboxylic acids is 1. The lowest BCUT2D eigenvalue weighted by Gasteiger charge is -2.10. The number of aryl methyl sites for hydroxylation is 1. The van der Waals surface area contributed by atoms with Gasteiger partial charge in [0.25, 0.3) is 5.91 Å². The smallest absolute Gasteiger partial charge is 0.266 e. The molecular formula is C19H18N2O3. The summed E-state index contributed by atoms with van der Waals surface area (Å²) in [7, 11) is 3.09. The third-order valence-electron chi connectivity index (χ3n) is 3.37. The van der Waals surface area contributed by atoms with E-state index < -0.39 is 5.91 Å². The van der Waals surface area contributed by atoms with Gasteiger partial charge in [-0.2, -0.15) is 5.26 Å². The van der Waals surface area contributed by atoms with E-state index in [2.05, 4.69) is 5.32 Å². The first-order valence-corrected chi connectivity index (χ1v) is 7.29. The minimum absolute atomic E-state index is 0.00758.